The Kier molecular flexibility index (Phi) is 5.06. The Labute approximate surface area is 141 Å². The fraction of sp³-hybridized carbons (Fsp3) is 0.706. The molecule has 24 heavy (non-hydrogen) atoms. The number of anilines is 3. The molecule has 1 atom stereocenters. The van der Waals surface area contributed by atoms with Gasteiger partial charge in [0.1, 0.15) is 5.82 Å². The van der Waals surface area contributed by atoms with Crippen molar-refractivity contribution in [3.05, 3.63) is 12.1 Å². The second-order valence-corrected chi connectivity index (χ2v) is 6.63. The topological polar surface area (TPSA) is 31.4 Å². The molecule has 7 heteroatoms. The SMILES string of the molecule is CCCCN1CCNc2nc(N3CCCC(C(F)(F)F)C3)ccc21. The zero-order chi connectivity index (χ0) is 17.2. The molecule has 0 aliphatic carbocycles. The van der Waals surface area contributed by atoms with Crippen LogP contribution in [0.4, 0.5) is 30.5 Å². The first-order chi connectivity index (χ1) is 11.5. The number of pyridine rings is 1. The third kappa shape index (κ3) is 3.70. The number of halogens is 3. The maximum atomic E-state index is 13.0. The molecule has 1 aromatic rings. The highest BCUT2D eigenvalue weighted by Gasteiger charge is 2.42. The smallest absolute Gasteiger partial charge is 0.367 e. The number of piperidine rings is 1. The summed E-state index contributed by atoms with van der Waals surface area (Å²) in [6.45, 7) is 5.56. The van der Waals surface area contributed by atoms with Gasteiger partial charge in [-0.25, -0.2) is 4.98 Å². The van der Waals surface area contributed by atoms with E-state index in [4.69, 9.17) is 0 Å². The lowest BCUT2D eigenvalue weighted by molar-refractivity contribution is -0.176. The lowest BCUT2D eigenvalue weighted by Crippen LogP contribution is -2.42. The van der Waals surface area contributed by atoms with Gasteiger partial charge in [0.05, 0.1) is 11.6 Å². The van der Waals surface area contributed by atoms with Crippen LogP contribution in [-0.2, 0) is 0 Å². The molecule has 1 N–H and O–H groups in total. The lowest BCUT2D eigenvalue weighted by atomic mass is 9.97. The van der Waals surface area contributed by atoms with Gasteiger partial charge in [-0.3, -0.25) is 0 Å². The van der Waals surface area contributed by atoms with Gasteiger partial charge in [0.15, 0.2) is 5.82 Å². The van der Waals surface area contributed by atoms with Crippen molar-refractivity contribution in [3.63, 3.8) is 0 Å². The van der Waals surface area contributed by atoms with Crippen LogP contribution in [0.2, 0.25) is 0 Å². The van der Waals surface area contributed by atoms with E-state index in [0.717, 1.165) is 44.0 Å². The van der Waals surface area contributed by atoms with Crippen LogP contribution in [0.15, 0.2) is 12.1 Å². The zero-order valence-electron chi connectivity index (χ0n) is 14.1. The number of unbranched alkanes of at least 4 members (excludes halogenated alkanes) is 1. The van der Waals surface area contributed by atoms with Gasteiger partial charge in [0, 0.05) is 32.7 Å². The summed E-state index contributed by atoms with van der Waals surface area (Å²) in [6.07, 6.45) is -1.09. The highest BCUT2D eigenvalue weighted by Crippen LogP contribution is 2.36. The highest BCUT2D eigenvalue weighted by atomic mass is 19.4. The van der Waals surface area contributed by atoms with E-state index < -0.39 is 12.1 Å². The van der Waals surface area contributed by atoms with Crippen LogP contribution < -0.4 is 15.1 Å². The molecule has 0 amide bonds. The number of rotatable bonds is 4. The Bertz CT molecular complexity index is 561. The maximum absolute atomic E-state index is 13.0. The number of hydrogen-bond donors (Lipinski definition) is 1. The Morgan fingerprint density at radius 3 is 2.88 bits per heavy atom. The molecule has 2 aliphatic heterocycles. The van der Waals surface area contributed by atoms with E-state index in [9.17, 15) is 13.2 Å². The average Bonchev–Trinajstić information content (AvgIpc) is 2.58. The van der Waals surface area contributed by atoms with Crippen LogP contribution in [0.1, 0.15) is 32.6 Å². The summed E-state index contributed by atoms with van der Waals surface area (Å²) in [4.78, 5) is 8.70. The highest BCUT2D eigenvalue weighted by molar-refractivity contribution is 5.70. The second kappa shape index (κ2) is 7.07. The van der Waals surface area contributed by atoms with E-state index in [-0.39, 0.29) is 13.0 Å². The molecule has 2 aliphatic rings. The number of fused-ring (bicyclic) bond motifs is 1. The molecule has 4 nitrogen and oxygen atoms in total. The summed E-state index contributed by atoms with van der Waals surface area (Å²) in [6, 6.07) is 3.86. The van der Waals surface area contributed by atoms with Crippen molar-refractivity contribution >= 4 is 17.3 Å². The summed E-state index contributed by atoms with van der Waals surface area (Å²) in [5.41, 5.74) is 1.06. The van der Waals surface area contributed by atoms with Gasteiger partial charge in [0.25, 0.3) is 0 Å². The Balaban J connectivity index is 1.76. The first kappa shape index (κ1) is 17.2. The normalized spacial score (nSPS) is 21.4. The molecule has 0 spiro atoms. The van der Waals surface area contributed by atoms with Gasteiger partial charge in [-0.05, 0) is 31.4 Å². The van der Waals surface area contributed by atoms with Crippen molar-refractivity contribution in [2.45, 2.75) is 38.8 Å². The lowest BCUT2D eigenvalue weighted by Gasteiger charge is -2.36. The molecule has 1 fully saturated rings. The van der Waals surface area contributed by atoms with Crippen LogP contribution in [0.5, 0.6) is 0 Å². The molecule has 3 rings (SSSR count). The maximum Gasteiger partial charge on any atom is 0.393 e. The molecule has 1 unspecified atom stereocenters. The van der Waals surface area contributed by atoms with Gasteiger partial charge >= 0.3 is 6.18 Å². The number of hydrogen-bond acceptors (Lipinski definition) is 4. The van der Waals surface area contributed by atoms with Crippen molar-refractivity contribution in [2.24, 2.45) is 5.92 Å². The molecule has 0 aromatic carbocycles. The van der Waals surface area contributed by atoms with E-state index in [2.05, 4.69) is 22.1 Å². The predicted octanol–water partition coefficient (Wildman–Crippen LogP) is 3.89. The minimum absolute atomic E-state index is 0.00877. The summed E-state index contributed by atoms with van der Waals surface area (Å²) in [5, 5.41) is 3.29. The fourth-order valence-corrected chi connectivity index (χ4v) is 3.47. The minimum Gasteiger partial charge on any atom is -0.367 e. The largest absolute Gasteiger partial charge is 0.393 e. The monoisotopic (exact) mass is 342 g/mol. The van der Waals surface area contributed by atoms with Crippen molar-refractivity contribution < 1.29 is 13.2 Å². The number of nitrogens with zero attached hydrogens (tertiary/aromatic N) is 3. The van der Waals surface area contributed by atoms with Crippen molar-refractivity contribution in [1.29, 1.82) is 0 Å². The fourth-order valence-electron chi connectivity index (χ4n) is 3.47. The first-order valence-corrected chi connectivity index (χ1v) is 8.80. The number of aromatic nitrogens is 1. The second-order valence-electron chi connectivity index (χ2n) is 6.63. The van der Waals surface area contributed by atoms with E-state index in [1.165, 1.54) is 0 Å². The van der Waals surface area contributed by atoms with Crippen LogP contribution in [0.25, 0.3) is 0 Å². The third-order valence-corrected chi connectivity index (χ3v) is 4.86. The quantitative estimate of drug-likeness (QED) is 0.899. The molecular weight excluding hydrogens is 317 g/mol. The average molecular weight is 342 g/mol. The summed E-state index contributed by atoms with van der Waals surface area (Å²) in [5.74, 6) is 0.189. The van der Waals surface area contributed by atoms with Crippen LogP contribution in [-0.4, -0.2) is 43.9 Å². The zero-order valence-corrected chi connectivity index (χ0v) is 14.1. The summed E-state index contributed by atoms with van der Waals surface area (Å²) < 4.78 is 39.0. The molecule has 1 aromatic heterocycles. The minimum atomic E-state index is -4.12. The van der Waals surface area contributed by atoms with Crippen molar-refractivity contribution in [1.82, 2.24) is 4.98 Å². The molecule has 3 heterocycles. The number of nitrogens with one attached hydrogen (secondary N) is 1. The van der Waals surface area contributed by atoms with E-state index in [0.29, 0.717) is 18.8 Å². The molecule has 1 saturated heterocycles. The Morgan fingerprint density at radius 1 is 1.29 bits per heavy atom. The van der Waals surface area contributed by atoms with Crippen LogP contribution in [0.3, 0.4) is 0 Å². The molecule has 134 valence electrons. The molecular formula is C17H25F3N4. The van der Waals surface area contributed by atoms with Crippen molar-refractivity contribution in [3.8, 4) is 0 Å². The van der Waals surface area contributed by atoms with Gasteiger partial charge < -0.3 is 15.1 Å². The standard InChI is InChI=1S/C17H25F3N4/c1-2-3-9-23-11-8-21-16-14(23)6-7-15(22-16)24-10-4-5-13(12-24)17(18,19)20/h6-7,13H,2-5,8-12H2,1H3,(H,21,22). The molecule has 0 bridgehead atoms. The van der Waals surface area contributed by atoms with Gasteiger partial charge in [-0.1, -0.05) is 13.3 Å². The third-order valence-electron chi connectivity index (χ3n) is 4.86. The van der Waals surface area contributed by atoms with Gasteiger partial charge in [0.2, 0.25) is 0 Å². The molecule has 0 radical (unpaired) electrons. The van der Waals surface area contributed by atoms with Gasteiger partial charge in [-0.2, -0.15) is 13.2 Å². The molecule has 0 saturated carbocycles. The van der Waals surface area contributed by atoms with Crippen LogP contribution in [0, 0.1) is 5.92 Å². The number of alkyl halides is 3. The Morgan fingerprint density at radius 2 is 2.12 bits per heavy atom. The van der Waals surface area contributed by atoms with E-state index >= 15 is 0 Å². The summed E-state index contributed by atoms with van der Waals surface area (Å²) >= 11 is 0. The van der Waals surface area contributed by atoms with Gasteiger partial charge in [-0.15, -0.1) is 0 Å². The van der Waals surface area contributed by atoms with E-state index in [1.807, 2.05) is 12.1 Å². The van der Waals surface area contributed by atoms with Crippen molar-refractivity contribution in [2.75, 3.05) is 47.8 Å². The Hall–Kier alpha value is -1.66. The predicted molar refractivity (Wildman–Crippen MR) is 90.8 cm³/mol. The van der Waals surface area contributed by atoms with Crippen LogP contribution >= 0.6 is 0 Å². The summed E-state index contributed by atoms with van der Waals surface area (Å²) in [7, 11) is 0. The first-order valence-electron chi connectivity index (χ1n) is 8.80. The van der Waals surface area contributed by atoms with E-state index in [1.54, 1.807) is 4.90 Å².